The molecule has 27 heavy (non-hydrogen) atoms. The van der Waals surface area contributed by atoms with Gasteiger partial charge in [0, 0.05) is 38.7 Å². The smallest absolute Gasteiger partial charge is 0.142 e. The highest BCUT2D eigenvalue weighted by Crippen LogP contribution is 2.23. The highest BCUT2D eigenvalue weighted by atomic mass is 15.3. The SMILES string of the molecule is c1ccc(CCc2nnc3n2CCN(c2ncnc4[nH]ccc24)CC3)cc1. The molecular formula is C20H21N7. The van der Waals surface area contributed by atoms with Gasteiger partial charge in [0.25, 0.3) is 0 Å². The van der Waals surface area contributed by atoms with E-state index in [2.05, 4.69) is 64.9 Å². The molecule has 0 spiro atoms. The summed E-state index contributed by atoms with van der Waals surface area (Å²) in [6, 6.07) is 12.6. The third-order valence-corrected chi connectivity index (χ3v) is 5.22. The molecule has 0 bridgehead atoms. The van der Waals surface area contributed by atoms with Gasteiger partial charge in [-0.05, 0) is 18.1 Å². The maximum atomic E-state index is 4.54. The first-order valence-electron chi connectivity index (χ1n) is 9.36. The highest BCUT2D eigenvalue weighted by molar-refractivity contribution is 5.87. The third-order valence-electron chi connectivity index (χ3n) is 5.22. The second kappa shape index (κ2) is 6.83. The minimum atomic E-state index is 0.869. The number of aryl methyl sites for hydroxylation is 2. The minimum absolute atomic E-state index is 0.869. The van der Waals surface area contributed by atoms with E-state index in [1.165, 1.54) is 5.56 Å². The van der Waals surface area contributed by atoms with E-state index in [-0.39, 0.29) is 0 Å². The lowest BCUT2D eigenvalue weighted by atomic mass is 10.1. The van der Waals surface area contributed by atoms with Gasteiger partial charge in [-0.15, -0.1) is 10.2 Å². The Morgan fingerprint density at radius 1 is 0.926 bits per heavy atom. The van der Waals surface area contributed by atoms with Crippen LogP contribution in [-0.4, -0.2) is 42.8 Å². The number of nitrogens with one attached hydrogen (secondary N) is 1. The molecule has 0 atom stereocenters. The zero-order valence-electron chi connectivity index (χ0n) is 15.0. The Kier molecular flexibility index (Phi) is 4.04. The van der Waals surface area contributed by atoms with Crippen molar-refractivity contribution in [3.8, 4) is 0 Å². The Balaban J connectivity index is 1.34. The average Bonchev–Trinajstić information content (AvgIpc) is 3.29. The van der Waals surface area contributed by atoms with Gasteiger partial charge in [-0.2, -0.15) is 0 Å². The van der Waals surface area contributed by atoms with E-state index in [1.807, 2.05) is 12.3 Å². The maximum absolute atomic E-state index is 4.54. The van der Waals surface area contributed by atoms with Gasteiger partial charge in [0.15, 0.2) is 0 Å². The fraction of sp³-hybridized carbons (Fsp3) is 0.300. The Bertz CT molecular complexity index is 1050. The zero-order valence-corrected chi connectivity index (χ0v) is 15.0. The molecule has 4 aromatic rings. The number of anilines is 1. The van der Waals surface area contributed by atoms with Crippen molar-refractivity contribution in [3.05, 3.63) is 66.1 Å². The standard InChI is InChI=1S/C20H21N7/c1-2-4-15(5-3-1)6-7-17-24-25-18-9-11-26(12-13-27(17)18)20-16-8-10-21-19(16)22-14-23-20/h1-5,8,10,14H,6-7,9,11-13H2,(H,21,22,23). The summed E-state index contributed by atoms with van der Waals surface area (Å²) in [7, 11) is 0. The monoisotopic (exact) mass is 359 g/mol. The van der Waals surface area contributed by atoms with E-state index < -0.39 is 0 Å². The van der Waals surface area contributed by atoms with Crippen molar-refractivity contribution >= 4 is 16.9 Å². The molecule has 0 fully saturated rings. The molecule has 0 amide bonds. The summed E-state index contributed by atoms with van der Waals surface area (Å²) in [6.07, 6.45) is 6.31. The molecule has 1 aromatic carbocycles. The topological polar surface area (TPSA) is 75.5 Å². The minimum Gasteiger partial charge on any atom is -0.354 e. The van der Waals surface area contributed by atoms with Crippen LogP contribution >= 0.6 is 0 Å². The Morgan fingerprint density at radius 2 is 1.85 bits per heavy atom. The molecule has 0 unspecified atom stereocenters. The summed E-state index contributed by atoms with van der Waals surface area (Å²) in [5.41, 5.74) is 2.22. The van der Waals surface area contributed by atoms with Gasteiger partial charge in [-0.1, -0.05) is 30.3 Å². The maximum Gasteiger partial charge on any atom is 0.142 e. The molecule has 7 heteroatoms. The number of benzene rings is 1. The van der Waals surface area contributed by atoms with Crippen LogP contribution in [0.5, 0.6) is 0 Å². The van der Waals surface area contributed by atoms with E-state index in [1.54, 1.807) is 6.33 Å². The summed E-state index contributed by atoms with van der Waals surface area (Å²) in [5, 5.41) is 9.98. The van der Waals surface area contributed by atoms with Gasteiger partial charge < -0.3 is 14.5 Å². The van der Waals surface area contributed by atoms with Crippen LogP contribution < -0.4 is 4.90 Å². The number of aromatic nitrogens is 6. The molecule has 0 saturated carbocycles. The van der Waals surface area contributed by atoms with Crippen LogP contribution in [0.1, 0.15) is 17.2 Å². The van der Waals surface area contributed by atoms with Crippen LogP contribution in [-0.2, 0) is 25.8 Å². The van der Waals surface area contributed by atoms with Gasteiger partial charge >= 0.3 is 0 Å². The van der Waals surface area contributed by atoms with Crippen LogP contribution in [0.15, 0.2) is 48.9 Å². The Morgan fingerprint density at radius 3 is 2.78 bits per heavy atom. The van der Waals surface area contributed by atoms with E-state index in [0.29, 0.717) is 0 Å². The van der Waals surface area contributed by atoms with E-state index in [9.17, 15) is 0 Å². The molecule has 0 saturated heterocycles. The van der Waals surface area contributed by atoms with Crippen LogP contribution in [0.2, 0.25) is 0 Å². The second-order valence-electron chi connectivity index (χ2n) is 6.84. The molecule has 7 nitrogen and oxygen atoms in total. The molecule has 1 aliphatic heterocycles. The summed E-state index contributed by atoms with van der Waals surface area (Å²) in [6.45, 7) is 2.65. The van der Waals surface area contributed by atoms with E-state index in [0.717, 1.165) is 67.4 Å². The van der Waals surface area contributed by atoms with Gasteiger partial charge in [0.1, 0.15) is 29.4 Å². The van der Waals surface area contributed by atoms with Gasteiger partial charge in [0.05, 0.1) is 5.39 Å². The summed E-state index contributed by atoms with van der Waals surface area (Å²) < 4.78 is 2.29. The number of fused-ring (bicyclic) bond motifs is 2. The third kappa shape index (κ3) is 3.05. The number of nitrogens with zero attached hydrogens (tertiary/aromatic N) is 6. The first-order valence-corrected chi connectivity index (χ1v) is 9.36. The van der Waals surface area contributed by atoms with Crippen molar-refractivity contribution in [1.82, 2.24) is 29.7 Å². The van der Waals surface area contributed by atoms with Crippen LogP contribution in [0, 0.1) is 0 Å². The van der Waals surface area contributed by atoms with Gasteiger partial charge in [-0.25, -0.2) is 9.97 Å². The van der Waals surface area contributed by atoms with Gasteiger partial charge in [-0.3, -0.25) is 0 Å². The molecule has 136 valence electrons. The highest BCUT2D eigenvalue weighted by Gasteiger charge is 2.21. The quantitative estimate of drug-likeness (QED) is 0.605. The fourth-order valence-corrected chi connectivity index (χ4v) is 3.79. The summed E-state index contributed by atoms with van der Waals surface area (Å²) in [4.78, 5) is 14.3. The summed E-state index contributed by atoms with van der Waals surface area (Å²) in [5.74, 6) is 3.14. The largest absolute Gasteiger partial charge is 0.354 e. The first-order chi connectivity index (χ1) is 13.4. The molecular weight excluding hydrogens is 338 g/mol. The lowest BCUT2D eigenvalue weighted by molar-refractivity contribution is 0.642. The fourth-order valence-electron chi connectivity index (χ4n) is 3.79. The molecule has 1 aliphatic rings. The Labute approximate surface area is 157 Å². The average molecular weight is 359 g/mol. The van der Waals surface area contributed by atoms with Crippen molar-refractivity contribution in [1.29, 1.82) is 0 Å². The van der Waals surface area contributed by atoms with Crippen molar-refractivity contribution in [3.63, 3.8) is 0 Å². The number of H-pyrrole nitrogens is 1. The van der Waals surface area contributed by atoms with Crippen LogP contribution in [0.25, 0.3) is 11.0 Å². The van der Waals surface area contributed by atoms with Crippen LogP contribution in [0.3, 0.4) is 0 Å². The number of rotatable bonds is 4. The number of aromatic amines is 1. The molecule has 3 aromatic heterocycles. The predicted molar refractivity (Wildman–Crippen MR) is 104 cm³/mol. The zero-order chi connectivity index (χ0) is 18.1. The van der Waals surface area contributed by atoms with Crippen LogP contribution in [0.4, 0.5) is 5.82 Å². The summed E-state index contributed by atoms with van der Waals surface area (Å²) >= 11 is 0. The molecule has 0 aliphatic carbocycles. The van der Waals surface area contributed by atoms with Crippen molar-refractivity contribution in [2.45, 2.75) is 25.8 Å². The molecule has 5 rings (SSSR count). The molecule has 1 N–H and O–H groups in total. The Hall–Kier alpha value is -3.22. The first kappa shape index (κ1) is 16.0. The number of hydrogen-bond acceptors (Lipinski definition) is 5. The predicted octanol–water partition coefficient (Wildman–Crippen LogP) is 2.40. The lowest BCUT2D eigenvalue weighted by Gasteiger charge is -2.21. The molecule has 0 radical (unpaired) electrons. The lowest BCUT2D eigenvalue weighted by Crippen LogP contribution is -2.28. The van der Waals surface area contributed by atoms with E-state index >= 15 is 0 Å². The second-order valence-corrected chi connectivity index (χ2v) is 6.84. The normalized spacial score (nSPS) is 14.3. The van der Waals surface area contributed by atoms with Crippen molar-refractivity contribution in [2.75, 3.05) is 18.0 Å². The van der Waals surface area contributed by atoms with Crippen molar-refractivity contribution < 1.29 is 0 Å². The van der Waals surface area contributed by atoms with E-state index in [4.69, 9.17) is 0 Å². The van der Waals surface area contributed by atoms with Gasteiger partial charge in [0.2, 0.25) is 0 Å². The number of hydrogen-bond donors (Lipinski definition) is 1. The van der Waals surface area contributed by atoms with Crippen molar-refractivity contribution in [2.24, 2.45) is 0 Å². The molecule has 4 heterocycles.